The van der Waals surface area contributed by atoms with Gasteiger partial charge in [-0.15, -0.1) is 0 Å². The van der Waals surface area contributed by atoms with Crippen LogP contribution in [0, 0.1) is 5.92 Å². The summed E-state index contributed by atoms with van der Waals surface area (Å²) in [6.45, 7) is 3.10. The molecule has 1 fully saturated rings. The average Bonchev–Trinajstić information content (AvgIpc) is 2.49. The van der Waals surface area contributed by atoms with Gasteiger partial charge in [0.1, 0.15) is 0 Å². The first-order chi connectivity index (χ1) is 9.69. The zero-order valence-corrected chi connectivity index (χ0v) is 12.3. The summed E-state index contributed by atoms with van der Waals surface area (Å²) >= 11 is 0. The van der Waals surface area contributed by atoms with Gasteiger partial charge >= 0.3 is 0 Å². The van der Waals surface area contributed by atoms with Gasteiger partial charge in [-0.05, 0) is 25.2 Å². The second-order valence-electron chi connectivity index (χ2n) is 5.33. The first-order valence-electron chi connectivity index (χ1n) is 7.53. The van der Waals surface area contributed by atoms with Gasteiger partial charge < -0.3 is 21.0 Å². The van der Waals surface area contributed by atoms with Crippen LogP contribution in [0.2, 0.25) is 0 Å². The molecule has 20 heavy (non-hydrogen) atoms. The highest BCUT2D eigenvalue weighted by molar-refractivity contribution is 5.90. The molecule has 0 heterocycles. The summed E-state index contributed by atoms with van der Waals surface area (Å²) in [4.78, 5) is 11.9. The SMILES string of the molecule is CCCOCCC(=O)NC(C(N)=NO)C1CCCCC1. The lowest BCUT2D eigenvalue weighted by Gasteiger charge is -2.30. The number of amidine groups is 1. The number of oxime groups is 1. The van der Waals surface area contributed by atoms with Crippen LogP contribution >= 0.6 is 0 Å². The summed E-state index contributed by atoms with van der Waals surface area (Å²) in [7, 11) is 0. The number of hydrogen-bond donors (Lipinski definition) is 3. The van der Waals surface area contributed by atoms with Crippen molar-refractivity contribution in [3.05, 3.63) is 0 Å². The number of carbonyl (C=O) groups excluding carboxylic acids is 1. The van der Waals surface area contributed by atoms with E-state index >= 15 is 0 Å². The predicted octanol–water partition coefficient (Wildman–Crippen LogP) is 1.61. The lowest BCUT2D eigenvalue weighted by atomic mass is 9.83. The average molecular weight is 285 g/mol. The van der Waals surface area contributed by atoms with Gasteiger partial charge in [0.05, 0.1) is 12.6 Å². The number of ether oxygens (including phenoxy) is 1. The lowest BCUT2D eigenvalue weighted by molar-refractivity contribution is -0.122. The van der Waals surface area contributed by atoms with Crippen LogP contribution in [0.25, 0.3) is 0 Å². The topological polar surface area (TPSA) is 96.9 Å². The van der Waals surface area contributed by atoms with E-state index in [1.165, 1.54) is 6.42 Å². The molecule has 1 unspecified atom stereocenters. The number of nitrogens with zero attached hydrogens (tertiary/aromatic N) is 1. The Morgan fingerprint density at radius 1 is 1.40 bits per heavy atom. The number of carbonyl (C=O) groups is 1. The number of nitrogens with one attached hydrogen (secondary N) is 1. The Morgan fingerprint density at radius 2 is 2.10 bits per heavy atom. The molecule has 0 aromatic rings. The zero-order valence-electron chi connectivity index (χ0n) is 12.3. The fraction of sp³-hybridized carbons (Fsp3) is 0.857. The fourth-order valence-corrected chi connectivity index (χ4v) is 2.62. The summed E-state index contributed by atoms with van der Waals surface area (Å²) in [5.41, 5.74) is 5.73. The molecule has 4 N–H and O–H groups in total. The smallest absolute Gasteiger partial charge is 0.222 e. The van der Waals surface area contributed by atoms with Crippen molar-refractivity contribution in [2.75, 3.05) is 13.2 Å². The van der Waals surface area contributed by atoms with Crippen molar-refractivity contribution in [2.24, 2.45) is 16.8 Å². The maximum atomic E-state index is 11.9. The maximum absolute atomic E-state index is 11.9. The molecule has 0 radical (unpaired) electrons. The van der Waals surface area contributed by atoms with Crippen LogP contribution in [-0.2, 0) is 9.53 Å². The minimum atomic E-state index is -0.362. The molecule has 0 aromatic heterocycles. The standard InChI is InChI=1S/C14H27N3O3/c1-2-9-20-10-8-12(18)16-13(14(15)17-19)11-6-4-3-5-7-11/h11,13,19H,2-10H2,1H3,(H2,15,17)(H,16,18). The summed E-state index contributed by atoms with van der Waals surface area (Å²) in [6, 6.07) is -0.362. The molecular weight excluding hydrogens is 258 g/mol. The molecule has 0 aliphatic heterocycles. The molecule has 0 saturated heterocycles. The first kappa shape index (κ1) is 16.8. The Morgan fingerprint density at radius 3 is 2.70 bits per heavy atom. The summed E-state index contributed by atoms with van der Waals surface area (Å²) in [5, 5.41) is 14.8. The highest BCUT2D eigenvalue weighted by atomic mass is 16.5. The molecule has 0 spiro atoms. The van der Waals surface area contributed by atoms with E-state index in [4.69, 9.17) is 15.7 Å². The molecule has 1 atom stereocenters. The van der Waals surface area contributed by atoms with Crippen LogP contribution in [0.5, 0.6) is 0 Å². The van der Waals surface area contributed by atoms with Gasteiger partial charge in [-0.2, -0.15) is 0 Å². The molecule has 0 aromatic carbocycles. The van der Waals surface area contributed by atoms with Crippen molar-refractivity contribution >= 4 is 11.7 Å². The van der Waals surface area contributed by atoms with Crippen LogP contribution in [0.4, 0.5) is 0 Å². The third kappa shape index (κ3) is 5.77. The van der Waals surface area contributed by atoms with E-state index in [0.717, 1.165) is 32.1 Å². The number of rotatable bonds is 8. The van der Waals surface area contributed by atoms with Crippen molar-refractivity contribution in [1.29, 1.82) is 0 Å². The first-order valence-corrected chi connectivity index (χ1v) is 7.53. The van der Waals surface area contributed by atoms with E-state index in [-0.39, 0.29) is 23.7 Å². The Kier molecular flexibility index (Phi) is 8.02. The highest BCUT2D eigenvalue weighted by Gasteiger charge is 2.28. The van der Waals surface area contributed by atoms with E-state index in [1.54, 1.807) is 0 Å². The van der Waals surface area contributed by atoms with Gasteiger partial charge in [-0.25, -0.2) is 0 Å². The Labute approximate surface area is 120 Å². The van der Waals surface area contributed by atoms with Gasteiger partial charge in [0.15, 0.2) is 5.84 Å². The van der Waals surface area contributed by atoms with Gasteiger partial charge in [0, 0.05) is 13.0 Å². The van der Waals surface area contributed by atoms with Crippen LogP contribution in [0.15, 0.2) is 5.16 Å². The molecule has 1 rings (SSSR count). The molecule has 6 heteroatoms. The summed E-state index contributed by atoms with van der Waals surface area (Å²) in [5.74, 6) is 0.253. The van der Waals surface area contributed by atoms with Gasteiger partial charge in [-0.1, -0.05) is 31.3 Å². The van der Waals surface area contributed by atoms with E-state index < -0.39 is 0 Å². The van der Waals surface area contributed by atoms with Crippen molar-refractivity contribution in [2.45, 2.75) is 57.9 Å². The quantitative estimate of drug-likeness (QED) is 0.207. The predicted molar refractivity (Wildman–Crippen MR) is 77.6 cm³/mol. The number of amides is 1. The van der Waals surface area contributed by atoms with Gasteiger partial charge in [0.25, 0.3) is 0 Å². The third-order valence-electron chi connectivity index (χ3n) is 3.69. The molecule has 1 aliphatic carbocycles. The summed E-state index contributed by atoms with van der Waals surface area (Å²) in [6.07, 6.45) is 6.75. The normalized spacial score (nSPS) is 18.8. The van der Waals surface area contributed by atoms with Crippen LogP contribution in [0.1, 0.15) is 51.9 Å². The van der Waals surface area contributed by atoms with Crippen molar-refractivity contribution < 1.29 is 14.7 Å². The molecule has 1 saturated carbocycles. The molecular formula is C14H27N3O3. The largest absolute Gasteiger partial charge is 0.409 e. The Balaban J connectivity index is 2.45. The van der Waals surface area contributed by atoms with Crippen molar-refractivity contribution in [3.8, 4) is 0 Å². The maximum Gasteiger partial charge on any atom is 0.222 e. The van der Waals surface area contributed by atoms with Crippen molar-refractivity contribution in [3.63, 3.8) is 0 Å². The molecule has 6 nitrogen and oxygen atoms in total. The number of hydrogen-bond acceptors (Lipinski definition) is 4. The molecule has 1 aliphatic rings. The molecule has 1 amide bonds. The lowest BCUT2D eigenvalue weighted by Crippen LogP contribution is -2.49. The van der Waals surface area contributed by atoms with Crippen LogP contribution in [0.3, 0.4) is 0 Å². The minimum absolute atomic E-state index is 0.0970. The molecule has 0 bridgehead atoms. The van der Waals surface area contributed by atoms with Gasteiger partial charge in [0.2, 0.25) is 5.91 Å². The minimum Gasteiger partial charge on any atom is -0.409 e. The number of nitrogens with two attached hydrogens (primary N) is 1. The van der Waals surface area contributed by atoms with E-state index in [9.17, 15) is 4.79 Å². The monoisotopic (exact) mass is 285 g/mol. The highest BCUT2D eigenvalue weighted by Crippen LogP contribution is 2.26. The molecule has 116 valence electrons. The second-order valence-corrected chi connectivity index (χ2v) is 5.33. The Bertz CT molecular complexity index is 315. The van der Waals surface area contributed by atoms with Crippen LogP contribution in [-0.4, -0.2) is 36.2 Å². The van der Waals surface area contributed by atoms with E-state index in [0.29, 0.717) is 19.6 Å². The van der Waals surface area contributed by atoms with E-state index in [2.05, 4.69) is 10.5 Å². The van der Waals surface area contributed by atoms with Crippen LogP contribution < -0.4 is 11.1 Å². The van der Waals surface area contributed by atoms with Crippen molar-refractivity contribution in [1.82, 2.24) is 5.32 Å². The Hall–Kier alpha value is -1.30. The van der Waals surface area contributed by atoms with Gasteiger partial charge in [-0.3, -0.25) is 4.79 Å². The fourth-order valence-electron chi connectivity index (χ4n) is 2.62. The summed E-state index contributed by atoms with van der Waals surface area (Å²) < 4.78 is 5.30. The van der Waals surface area contributed by atoms with E-state index in [1.807, 2.05) is 6.92 Å². The zero-order chi connectivity index (χ0) is 14.8. The third-order valence-corrected chi connectivity index (χ3v) is 3.69. The second kappa shape index (κ2) is 9.58.